The third kappa shape index (κ3) is 3.45. The number of hydrogen-bond donors (Lipinski definition) is 1. The second-order valence-electron chi connectivity index (χ2n) is 3.75. The highest BCUT2D eigenvalue weighted by Gasteiger charge is 2.31. The van der Waals surface area contributed by atoms with Crippen LogP contribution in [-0.4, -0.2) is 5.91 Å². The molecule has 1 aromatic carbocycles. The molecule has 0 aliphatic carbocycles. The minimum Gasteiger partial charge on any atom is -0.320 e. The Morgan fingerprint density at radius 1 is 1.15 bits per heavy atom. The molecule has 0 atom stereocenters. The average Bonchev–Trinajstić information content (AvgIpc) is 2.77. The topological polar surface area (TPSA) is 29.1 Å². The summed E-state index contributed by atoms with van der Waals surface area (Å²) in [5.41, 5.74) is -0.988. The molecule has 0 unspecified atom stereocenters. The highest BCUT2D eigenvalue weighted by atomic mass is 35.5. The number of anilines is 1. The number of rotatable bonds is 2. The Balaban J connectivity index is 2.27. The van der Waals surface area contributed by atoms with Crippen molar-refractivity contribution in [3.8, 4) is 0 Å². The first-order valence-corrected chi connectivity index (χ1v) is 6.78. The highest BCUT2D eigenvalue weighted by Crippen LogP contribution is 2.34. The van der Waals surface area contributed by atoms with Crippen molar-refractivity contribution in [1.82, 2.24) is 0 Å². The van der Waals surface area contributed by atoms with E-state index < -0.39 is 17.6 Å². The van der Waals surface area contributed by atoms with Crippen molar-refractivity contribution in [3.05, 3.63) is 50.1 Å². The SMILES string of the molecule is O=C(Nc1cc(C(F)(F)F)ccc1Cl)c1ccc(Cl)s1. The van der Waals surface area contributed by atoms with Gasteiger partial charge >= 0.3 is 6.18 Å². The number of alkyl halides is 3. The van der Waals surface area contributed by atoms with Crippen LogP contribution < -0.4 is 5.32 Å². The summed E-state index contributed by atoms with van der Waals surface area (Å²) in [6, 6.07) is 5.72. The van der Waals surface area contributed by atoms with Gasteiger partial charge in [0.1, 0.15) is 0 Å². The molecule has 0 bridgehead atoms. The van der Waals surface area contributed by atoms with Gasteiger partial charge in [-0.1, -0.05) is 23.2 Å². The molecular weight excluding hydrogens is 334 g/mol. The average molecular weight is 340 g/mol. The summed E-state index contributed by atoms with van der Waals surface area (Å²) in [6.07, 6.45) is -4.50. The van der Waals surface area contributed by atoms with Gasteiger partial charge in [0.05, 0.1) is 25.5 Å². The lowest BCUT2D eigenvalue weighted by Crippen LogP contribution is -2.12. The van der Waals surface area contributed by atoms with Crippen molar-refractivity contribution < 1.29 is 18.0 Å². The molecule has 8 heteroatoms. The monoisotopic (exact) mass is 339 g/mol. The maximum atomic E-state index is 12.6. The zero-order chi connectivity index (χ0) is 14.9. The van der Waals surface area contributed by atoms with Gasteiger partial charge in [-0.3, -0.25) is 4.79 Å². The van der Waals surface area contributed by atoms with Gasteiger partial charge in [0.2, 0.25) is 0 Å². The second kappa shape index (κ2) is 5.63. The summed E-state index contributed by atoms with van der Waals surface area (Å²) in [5.74, 6) is -0.567. The predicted molar refractivity (Wildman–Crippen MR) is 73.7 cm³/mol. The van der Waals surface area contributed by atoms with Crippen LogP contribution in [0.4, 0.5) is 18.9 Å². The molecule has 1 aromatic heterocycles. The quantitative estimate of drug-likeness (QED) is 0.787. The predicted octanol–water partition coefficient (Wildman–Crippen LogP) is 5.33. The minimum atomic E-state index is -4.50. The van der Waals surface area contributed by atoms with Gasteiger partial charge in [0, 0.05) is 0 Å². The number of carbonyl (C=O) groups is 1. The summed E-state index contributed by atoms with van der Waals surface area (Å²) >= 11 is 12.5. The van der Waals surface area contributed by atoms with E-state index in [0.29, 0.717) is 4.34 Å². The highest BCUT2D eigenvalue weighted by molar-refractivity contribution is 7.18. The summed E-state index contributed by atoms with van der Waals surface area (Å²) in [4.78, 5) is 12.1. The Labute approximate surface area is 126 Å². The molecule has 1 heterocycles. The van der Waals surface area contributed by atoms with E-state index in [1.807, 2.05) is 0 Å². The largest absolute Gasteiger partial charge is 0.416 e. The Kier molecular flexibility index (Phi) is 4.27. The molecule has 106 valence electrons. The van der Waals surface area contributed by atoms with Gasteiger partial charge in [-0.15, -0.1) is 11.3 Å². The summed E-state index contributed by atoms with van der Waals surface area (Å²) < 4.78 is 38.2. The van der Waals surface area contributed by atoms with Crippen LogP contribution in [0, 0.1) is 0 Å². The molecule has 2 rings (SSSR count). The summed E-state index contributed by atoms with van der Waals surface area (Å²) in [6.45, 7) is 0. The summed E-state index contributed by atoms with van der Waals surface area (Å²) in [7, 11) is 0. The number of carbonyl (C=O) groups excluding carboxylic acids is 1. The number of halogens is 5. The number of benzene rings is 1. The normalized spacial score (nSPS) is 11.4. The lowest BCUT2D eigenvalue weighted by Gasteiger charge is -2.11. The molecule has 20 heavy (non-hydrogen) atoms. The van der Waals surface area contributed by atoms with Gasteiger partial charge in [-0.25, -0.2) is 0 Å². The van der Waals surface area contributed by atoms with E-state index in [1.54, 1.807) is 0 Å². The molecule has 0 saturated heterocycles. The lowest BCUT2D eigenvalue weighted by molar-refractivity contribution is -0.137. The van der Waals surface area contributed by atoms with Crippen LogP contribution in [0.5, 0.6) is 0 Å². The molecule has 0 spiro atoms. The van der Waals surface area contributed by atoms with Gasteiger partial charge in [-0.2, -0.15) is 13.2 Å². The van der Waals surface area contributed by atoms with Crippen LogP contribution in [0.25, 0.3) is 0 Å². The third-order valence-electron chi connectivity index (χ3n) is 2.34. The molecule has 2 aromatic rings. The fourth-order valence-corrected chi connectivity index (χ4v) is 2.52. The standard InChI is InChI=1S/C12H6Cl2F3NOS/c13-7-2-1-6(12(15,16)17)5-8(7)18-11(19)9-3-4-10(14)20-9/h1-5H,(H,18,19). The van der Waals surface area contributed by atoms with Gasteiger partial charge in [0.25, 0.3) is 5.91 Å². The number of thiophene rings is 1. The fraction of sp³-hybridized carbons (Fsp3) is 0.0833. The molecule has 2 nitrogen and oxygen atoms in total. The fourth-order valence-electron chi connectivity index (χ4n) is 1.42. The lowest BCUT2D eigenvalue weighted by atomic mass is 10.2. The zero-order valence-electron chi connectivity index (χ0n) is 9.59. The van der Waals surface area contributed by atoms with E-state index in [-0.39, 0.29) is 15.6 Å². The van der Waals surface area contributed by atoms with Crippen molar-refractivity contribution in [2.45, 2.75) is 6.18 Å². The molecule has 0 aliphatic heterocycles. The Morgan fingerprint density at radius 2 is 1.85 bits per heavy atom. The first-order valence-electron chi connectivity index (χ1n) is 5.21. The molecule has 0 saturated carbocycles. The molecule has 1 amide bonds. The van der Waals surface area contributed by atoms with Gasteiger partial charge in [-0.05, 0) is 30.3 Å². The van der Waals surface area contributed by atoms with E-state index in [9.17, 15) is 18.0 Å². The van der Waals surface area contributed by atoms with Crippen LogP contribution >= 0.6 is 34.5 Å². The first kappa shape index (κ1) is 15.2. The third-order valence-corrected chi connectivity index (χ3v) is 3.90. The van der Waals surface area contributed by atoms with Crippen LogP contribution in [0.15, 0.2) is 30.3 Å². The van der Waals surface area contributed by atoms with Crippen LogP contribution in [0.1, 0.15) is 15.2 Å². The molecule has 0 aliphatic rings. The van der Waals surface area contributed by atoms with E-state index >= 15 is 0 Å². The van der Waals surface area contributed by atoms with Gasteiger partial charge in [0.15, 0.2) is 0 Å². The maximum absolute atomic E-state index is 12.6. The Hall–Kier alpha value is -1.24. The summed E-state index contributed by atoms with van der Waals surface area (Å²) in [5, 5.41) is 2.36. The number of nitrogens with one attached hydrogen (secondary N) is 1. The Bertz CT molecular complexity index is 654. The van der Waals surface area contributed by atoms with E-state index in [4.69, 9.17) is 23.2 Å². The second-order valence-corrected chi connectivity index (χ2v) is 5.87. The van der Waals surface area contributed by atoms with E-state index in [1.165, 1.54) is 12.1 Å². The smallest absolute Gasteiger partial charge is 0.320 e. The van der Waals surface area contributed by atoms with Crippen molar-refractivity contribution in [1.29, 1.82) is 0 Å². The molecule has 0 radical (unpaired) electrons. The van der Waals surface area contributed by atoms with Crippen molar-refractivity contribution in [3.63, 3.8) is 0 Å². The number of amides is 1. The zero-order valence-corrected chi connectivity index (χ0v) is 11.9. The Morgan fingerprint density at radius 3 is 2.40 bits per heavy atom. The van der Waals surface area contributed by atoms with Gasteiger partial charge < -0.3 is 5.32 Å². The molecular formula is C12H6Cl2F3NOS. The van der Waals surface area contributed by atoms with Crippen molar-refractivity contribution >= 4 is 46.1 Å². The maximum Gasteiger partial charge on any atom is 0.416 e. The molecule has 1 N–H and O–H groups in total. The first-order chi connectivity index (χ1) is 9.27. The van der Waals surface area contributed by atoms with Crippen LogP contribution in [0.2, 0.25) is 9.36 Å². The van der Waals surface area contributed by atoms with E-state index in [0.717, 1.165) is 29.5 Å². The molecule has 0 fully saturated rings. The van der Waals surface area contributed by atoms with E-state index in [2.05, 4.69) is 5.32 Å². The van der Waals surface area contributed by atoms with Crippen molar-refractivity contribution in [2.24, 2.45) is 0 Å². The van der Waals surface area contributed by atoms with Crippen LogP contribution in [-0.2, 0) is 6.18 Å². The number of hydrogen-bond acceptors (Lipinski definition) is 2. The van der Waals surface area contributed by atoms with Crippen molar-refractivity contribution in [2.75, 3.05) is 5.32 Å². The minimum absolute atomic E-state index is 0.0222. The van der Waals surface area contributed by atoms with Crippen LogP contribution in [0.3, 0.4) is 0 Å².